The van der Waals surface area contributed by atoms with E-state index < -0.39 is 0 Å². The molecule has 482 valence electrons. The number of hydrogen-bond acceptors (Lipinski definition) is 14. The quantitative estimate of drug-likeness (QED) is 0.0521. The van der Waals surface area contributed by atoms with Crippen molar-refractivity contribution < 1.29 is 8.94 Å². The zero-order chi connectivity index (χ0) is 64.3. The van der Waals surface area contributed by atoms with Gasteiger partial charge in [-0.1, -0.05) is 127 Å². The normalized spacial score (nSPS) is 16.9. The Morgan fingerprint density at radius 1 is 0.645 bits per heavy atom. The van der Waals surface area contributed by atoms with Crippen LogP contribution in [0.5, 0.6) is 0 Å². The molecule has 0 amide bonds. The van der Waals surface area contributed by atoms with Crippen molar-refractivity contribution in [3.8, 4) is 5.69 Å². The van der Waals surface area contributed by atoms with Gasteiger partial charge in [-0.3, -0.25) is 4.99 Å². The molecule has 0 saturated heterocycles. The summed E-state index contributed by atoms with van der Waals surface area (Å²) in [6.07, 6.45) is 15.6. The average molecular weight is 1260 g/mol. The maximum atomic E-state index is 5.67. The standard InChI is InChI=1S/C21H21N3O.C20H23N3O.C20H23N3S.C17H25N3/c1-15(17-7-5-8-18(13-17)24-12-6-11-22-24)23-16(2)20-14-25-21-10-4-3-9-19(20)21;2*1-23-14-6-9-17(15-7-2-4-10-19(15)23)21-13-12-18-16-8-3-5-11-20(16)24-22-18;1-13(2)15(18-3)10-12-20-17-9-6-11-19-16-8-5-4-7-14(16)17/h3-16,23H,1-2H3;2*2-5,7-8,10-11,17,21H,6,9,12-14H2,1H3;4-5,7-8,17,19-20H,1,6,9-12H2,2-3H3. The molecule has 3 aliphatic rings. The monoisotopic (exact) mass is 1260 g/mol. The number of aromatic nitrogens is 4. The summed E-state index contributed by atoms with van der Waals surface area (Å²) in [5.41, 5.74) is 17.9. The zero-order valence-corrected chi connectivity index (χ0v) is 55.8. The van der Waals surface area contributed by atoms with Gasteiger partial charge in [0, 0.05) is 167 Å². The van der Waals surface area contributed by atoms with E-state index in [1.165, 1.54) is 105 Å². The molecular formula is C78H92N12O2S. The van der Waals surface area contributed by atoms with Crippen molar-refractivity contribution in [2.45, 2.75) is 109 Å². The van der Waals surface area contributed by atoms with Crippen LogP contribution in [0.1, 0.15) is 135 Å². The summed E-state index contributed by atoms with van der Waals surface area (Å²) < 4.78 is 18.9. The van der Waals surface area contributed by atoms with E-state index in [0.29, 0.717) is 18.1 Å². The fraction of sp³-hybridized carbons (Fsp3) is 0.333. The molecule has 0 aliphatic carbocycles. The second kappa shape index (κ2) is 32.7. The Balaban J connectivity index is 0.000000127. The van der Waals surface area contributed by atoms with E-state index in [0.717, 1.165) is 97.7 Å². The number of para-hydroxylation sites is 5. The molecule has 14 rings (SSSR count). The maximum absolute atomic E-state index is 5.67. The van der Waals surface area contributed by atoms with Crippen molar-refractivity contribution >= 4 is 66.3 Å². The molecular weight excluding hydrogens is 1170 g/mol. The molecule has 0 spiro atoms. The molecule has 11 aromatic rings. The van der Waals surface area contributed by atoms with Crippen LogP contribution in [0.15, 0.2) is 221 Å². The van der Waals surface area contributed by atoms with Gasteiger partial charge >= 0.3 is 0 Å². The first kappa shape index (κ1) is 65.8. The number of allylic oxidation sites excluding steroid dienone is 1. The summed E-state index contributed by atoms with van der Waals surface area (Å²) in [7, 11) is 6.22. The first-order valence-electron chi connectivity index (χ1n) is 33.3. The van der Waals surface area contributed by atoms with Crippen molar-refractivity contribution in [2.24, 2.45) is 4.99 Å². The molecule has 5 unspecified atom stereocenters. The van der Waals surface area contributed by atoms with Crippen molar-refractivity contribution in [1.29, 1.82) is 0 Å². The van der Waals surface area contributed by atoms with Gasteiger partial charge in [-0.2, -0.15) is 9.47 Å². The number of nitrogens with zero attached hydrogens (tertiary/aromatic N) is 7. The van der Waals surface area contributed by atoms with Crippen LogP contribution in [0, 0.1) is 0 Å². The minimum atomic E-state index is 0.187. The van der Waals surface area contributed by atoms with Gasteiger partial charge in [-0.05, 0) is 159 Å². The van der Waals surface area contributed by atoms with Crippen LogP contribution in [0.3, 0.4) is 0 Å². The highest BCUT2D eigenvalue weighted by atomic mass is 32.1. The SMILES string of the molecule is C=C(C)C(CCNC1CCCNc2ccccc21)=NC.CC(NC(C)c1coc2ccccc12)c1cccc(-n2cccn2)c1.CN1CCCC(NCCc2noc3ccccc23)c2ccccc21.CN1CCCC(NCCc2nsc3ccccc23)c2ccccc21. The van der Waals surface area contributed by atoms with E-state index in [-0.39, 0.29) is 12.1 Å². The minimum Gasteiger partial charge on any atom is -0.464 e. The lowest BCUT2D eigenvalue weighted by molar-refractivity contribution is 0.440. The van der Waals surface area contributed by atoms with E-state index in [1.807, 2.05) is 73.6 Å². The summed E-state index contributed by atoms with van der Waals surface area (Å²) in [5, 5.41) is 30.5. The third kappa shape index (κ3) is 16.9. The molecule has 5 atom stereocenters. The largest absolute Gasteiger partial charge is 0.464 e. The lowest BCUT2D eigenvalue weighted by Gasteiger charge is -2.22. The summed E-state index contributed by atoms with van der Waals surface area (Å²) in [6, 6.07) is 62.9. The molecule has 7 aromatic carbocycles. The second-order valence-electron chi connectivity index (χ2n) is 24.7. The molecule has 0 fully saturated rings. The number of benzene rings is 7. The van der Waals surface area contributed by atoms with E-state index in [1.54, 1.807) is 17.7 Å². The van der Waals surface area contributed by atoms with Gasteiger partial charge in [-0.15, -0.1) is 0 Å². The van der Waals surface area contributed by atoms with Crippen molar-refractivity contribution in [3.63, 3.8) is 0 Å². The molecule has 3 aliphatic heterocycles. The Morgan fingerprint density at radius 3 is 1.95 bits per heavy atom. The van der Waals surface area contributed by atoms with Gasteiger partial charge in [0.15, 0.2) is 5.58 Å². The predicted octanol–water partition coefficient (Wildman–Crippen LogP) is 16.9. The van der Waals surface area contributed by atoms with Crippen LogP contribution in [-0.2, 0) is 12.8 Å². The topological polar surface area (TPSA) is 149 Å². The van der Waals surface area contributed by atoms with E-state index in [4.69, 9.17) is 8.94 Å². The van der Waals surface area contributed by atoms with Crippen LogP contribution in [0.4, 0.5) is 17.1 Å². The molecule has 4 aromatic heterocycles. The Kier molecular flexibility index (Phi) is 23.1. The lowest BCUT2D eigenvalue weighted by Crippen LogP contribution is -2.24. The van der Waals surface area contributed by atoms with Gasteiger partial charge in [0.1, 0.15) is 5.58 Å². The summed E-state index contributed by atoms with van der Waals surface area (Å²) in [4.78, 5) is 9.04. The highest BCUT2D eigenvalue weighted by Crippen LogP contribution is 2.35. The summed E-state index contributed by atoms with van der Waals surface area (Å²) in [5.74, 6) is 0. The fourth-order valence-electron chi connectivity index (χ4n) is 13.3. The van der Waals surface area contributed by atoms with E-state index in [9.17, 15) is 0 Å². The lowest BCUT2D eigenvalue weighted by atomic mass is 10.0. The number of hydrogen-bond donors (Lipinski definition) is 5. The van der Waals surface area contributed by atoms with Gasteiger partial charge in [0.25, 0.3) is 0 Å². The number of rotatable bonds is 18. The predicted molar refractivity (Wildman–Crippen MR) is 388 cm³/mol. The Bertz CT molecular complexity index is 4030. The second-order valence-corrected chi connectivity index (χ2v) is 25.5. The Morgan fingerprint density at radius 2 is 1.25 bits per heavy atom. The third-order valence-electron chi connectivity index (χ3n) is 18.3. The smallest absolute Gasteiger partial charge is 0.167 e. The fourth-order valence-corrected chi connectivity index (χ4v) is 14.1. The molecule has 14 nitrogen and oxygen atoms in total. The van der Waals surface area contributed by atoms with Crippen LogP contribution in [0.25, 0.3) is 37.7 Å². The molecule has 7 heterocycles. The van der Waals surface area contributed by atoms with Crippen LogP contribution < -0.4 is 36.4 Å². The Labute approximate surface area is 553 Å². The minimum absolute atomic E-state index is 0.187. The number of furan rings is 1. The van der Waals surface area contributed by atoms with Gasteiger partial charge in [0.2, 0.25) is 0 Å². The first-order valence-corrected chi connectivity index (χ1v) is 34.1. The molecule has 0 bridgehead atoms. The van der Waals surface area contributed by atoms with Crippen LogP contribution in [0.2, 0.25) is 0 Å². The molecule has 0 radical (unpaired) electrons. The van der Waals surface area contributed by atoms with Crippen LogP contribution in [-0.4, -0.2) is 85.4 Å². The van der Waals surface area contributed by atoms with Gasteiger partial charge in [0.05, 0.1) is 28.0 Å². The van der Waals surface area contributed by atoms with Crippen molar-refractivity contribution in [3.05, 3.63) is 246 Å². The summed E-state index contributed by atoms with van der Waals surface area (Å²) in [6.45, 7) is 16.5. The van der Waals surface area contributed by atoms with E-state index in [2.05, 4.69) is 224 Å². The van der Waals surface area contributed by atoms with Crippen molar-refractivity contribution in [1.82, 2.24) is 40.6 Å². The van der Waals surface area contributed by atoms with Gasteiger partial charge < -0.3 is 45.3 Å². The number of nitrogens with one attached hydrogen (secondary N) is 5. The summed E-state index contributed by atoms with van der Waals surface area (Å²) >= 11 is 1.61. The maximum Gasteiger partial charge on any atom is 0.167 e. The Hall–Kier alpha value is -8.70. The van der Waals surface area contributed by atoms with Gasteiger partial charge in [-0.25, -0.2) is 4.68 Å². The molecule has 15 heteroatoms. The van der Waals surface area contributed by atoms with Crippen LogP contribution >= 0.6 is 11.5 Å². The third-order valence-corrected chi connectivity index (χ3v) is 19.1. The van der Waals surface area contributed by atoms with E-state index >= 15 is 0 Å². The number of anilines is 3. The molecule has 93 heavy (non-hydrogen) atoms. The highest BCUT2D eigenvalue weighted by Gasteiger charge is 2.24. The van der Waals surface area contributed by atoms with Crippen molar-refractivity contribution in [2.75, 3.05) is 75.5 Å². The average Bonchev–Trinajstić information content (AvgIpc) is 1.98. The molecule has 5 N–H and O–H groups in total. The number of fused-ring (bicyclic) bond motifs is 6. The first-order chi connectivity index (χ1) is 45.6. The zero-order valence-electron chi connectivity index (χ0n) is 55.0. The number of aliphatic imine (C=N–C) groups is 1. The molecule has 0 saturated carbocycles. The highest BCUT2D eigenvalue weighted by molar-refractivity contribution is 7.13.